The number of rotatable bonds is 6. The zero-order chi connectivity index (χ0) is 14.2. The molecule has 1 fully saturated rings. The van der Waals surface area contributed by atoms with Gasteiger partial charge in [-0.15, -0.1) is 0 Å². The first kappa shape index (κ1) is 14.7. The number of hydrogen-bond donors (Lipinski definition) is 1. The topological polar surface area (TPSA) is 64.6 Å². The molecule has 1 N–H and O–H groups in total. The second kappa shape index (κ2) is 7.77. The van der Waals surface area contributed by atoms with E-state index in [0.717, 1.165) is 25.9 Å². The fraction of sp³-hybridized carbons (Fsp3) is 0.467. The van der Waals surface area contributed by atoms with Crippen LogP contribution in [0.4, 0.5) is 0 Å². The van der Waals surface area contributed by atoms with E-state index in [1.54, 1.807) is 30.3 Å². The number of esters is 1. The molecule has 0 amide bonds. The van der Waals surface area contributed by atoms with Crippen molar-refractivity contribution < 1.29 is 19.1 Å². The van der Waals surface area contributed by atoms with Crippen molar-refractivity contribution in [1.82, 2.24) is 5.32 Å². The molecule has 1 saturated heterocycles. The molecule has 0 spiro atoms. The van der Waals surface area contributed by atoms with Gasteiger partial charge in [-0.05, 0) is 25.9 Å². The van der Waals surface area contributed by atoms with Gasteiger partial charge < -0.3 is 14.8 Å². The summed E-state index contributed by atoms with van der Waals surface area (Å²) in [7, 11) is 0. The average Bonchev–Trinajstić information content (AvgIpc) is 2.52. The van der Waals surface area contributed by atoms with Crippen LogP contribution in [0.25, 0.3) is 0 Å². The van der Waals surface area contributed by atoms with E-state index < -0.39 is 11.8 Å². The number of hydrogen-bond acceptors (Lipinski definition) is 5. The van der Waals surface area contributed by atoms with E-state index in [4.69, 9.17) is 9.47 Å². The minimum Gasteiger partial charge on any atom is -0.457 e. The molecule has 1 heterocycles. The van der Waals surface area contributed by atoms with Gasteiger partial charge in [0.2, 0.25) is 0 Å². The van der Waals surface area contributed by atoms with E-state index in [1.165, 1.54) is 0 Å². The summed E-state index contributed by atoms with van der Waals surface area (Å²) in [5.41, 5.74) is 0.344. The molecule has 1 aliphatic rings. The van der Waals surface area contributed by atoms with Crippen LogP contribution >= 0.6 is 0 Å². The van der Waals surface area contributed by atoms with Crippen molar-refractivity contribution in [2.75, 3.05) is 26.3 Å². The molecule has 0 aliphatic carbocycles. The SMILES string of the molecule is O=C(OCCOC1CCNCC1)C(=O)c1ccccc1. The smallest absolute Gasteiger partial charge is 0.379 e. The first-order valence-electron chi connectivity index (χ1n) is 6.86. The highest BCUT2D eigenvalue weighted by Gasteiger charge is 2.18. The number of ketones is 1. The molecule has 0 atom stereocenters. The van der Waals surface area contributed by atoms with Gasteiger partial charge >= 0.3 is 5.97 Å². The second-order valence-corrected chi connectivity index (χ2v) is 4.65. The third-order valence-corrected chi connectivity index (χ3v) is 3.18. The monoisotopic (exact) mass is 277 g/mol. The number of benzene rings is 1. The second-order valence-electron chi connectivity index (χ2n) is 4.65. The predicted octanol–water partition coefficient (Wildman–Crippen LogP) is 1.18. The molecule has 5 heteroatoms. The molecule has 5 nitrogen and oxygen atoms in total. The van der Waals surface area contributed by atoms with Crippen LogP contribution in [0.5, 0.6) is 0 Å². The zero-order valence-electron chi connectivity index (χ0n) is 11.3. The molecule has 108 valence electrons. The third-order valence-electron chi connectivity index (χ3n) is 3.18. The molecule has 1 aromatic rings. The van der Waals surface area contributed by atoms with E-state index >= 15 is 0 Å². The number of carbonyl (C=O) groups is 2. The lowest BCUT2D eigenvalue weighted by Gasteiger charge is -2.22. The van der Waals surface area contributed by atoms with Crippen molar-refractivity contribution in [1.29, 1.82) is 0 Å². The molecule has 0 aromatic heterocycles. The van der Waals surface area contributed by atoms with Crippen LogP contribution in [0.15, 0.2) is 30.3 Å². The summed E-state index contributed by atoms with van der Waals surface area (Å²) in [4.78, 5) is 23.3. The Morgan fingerprint density at radius 2 is 1.80 bits per heavy atom. The Labute approximate surface area is 118 Å². The molecular weight excluding hydrogens is 258 g/mol. The van der Waals surface area contributed by atoms with Gasteiger partial charge in [0.25, 0.3) is 5.78 Å². The maximum atomic E-state index is 11.7. The summed E-state index contributed by atoms with van der Waals surface area (Å²) in [6.45, 7) is 2.35. The van der Waals surface area contributed by atoms with Gasteiger partial charge in [-0.1, -0.05) is 30.3 Å². The summed E-state index contributed by atoms with van der Waals surface area (Å²) in [5, 5.41) is 3.25. The van der Waals surface area contributed by atoms with Crippen LogP contribution < -0.4 is 5.32 Å². The van der Waals surface area contributed by atoms with Gasteiger partial charge in [0, 0.05) is 5.56 Å². The van der Waals surface area contributed by atoms with Crippen molar-refractivity contribution in [2.45, 2.75) is 18.9 Å². The third kappa shape index (κ3) is 4.43. The summed E-state index contributed by atoms with van der Waals surface area (Å²) < 4.78 is 10.5. The average molecular weight is 277 g/mol. The number of carbonyl (C=O) groups excluding carboxylic acids is 2. The number of nitrogens with one attached hydrogen (secondary N) is 1. The Hall–Kier alpha value is -1.72. The van der Waals surface area contributed by atoms with Crippen LogP contribution in [0.3, 0.4) is 0 Å². The molecule has 1 aromatic carbocycles. The fourth-order valence-electron chi connectivity index (χ4n) is 2.08. The number of ether oxygens (including phenoxy) is 2. The molecule has 0 saturated carbocycles. The quantitative estimate of drug-likeness (QED) is 0.366. The van der Waals surface area contributed by atoms with Crippen molar-refractivity contribution in [3.8, 4) is 0 Å². The molecule has 0 radical (unpaired) electrons. The minimum absolute atomic E-state index is 0.112. The van der Waals surface area contributed by atoms with Gasteiger partial charge in [0.05, 0.1) is 12.7 Å². The maximum Gasteiger partial charge on any atom is 0.379 e. The highest BCUT2D eigenvalue weighted by atomic mass is 16.6. The van der Waals surface area contributed by atoms with Crippen molar-refractivity contribution in [3.63, 3.8) is 0 Å². The van der Waals surface area contributed by atoms with Crippen molar-refractivity contribution in [2.24, 2.45) is 0 Å². The molecule has 20 heavy (non-hydrogen) atoms. The Morgan fingerprint density at radius 1 is 1.10 bits per heavy atom. The van der Waals surface area contributed by atoms with E-state index in [1.807, 2.05) is 0 Å². The first-order valence-corrected chi connectivity index (χ1v) is 6.86. The molecular formula is C15H19NO4. The molecule has 2 rings (SSSR count). The Morgan fingerprint density at radius 3 is 2.50 bits per heavy atom. The van der Waals surface area contributed by atoms with Crippen LogP contribution in [-0.4, -0.2) is 44.2 Å². The van der Waals surface area contributed by atoms with Gasteiger partial charge in [0.15, 0.2) is 0 Å². The summed E-state index contributed by atoms with van der Waals surface area (Å²) in [6, 6.07) is 8.39. The molecule has 0 unspecified atom stereocenters. The van der Waals surface area contributed by atoms with E-state index in [9.17, 15) is 9.59 Å². The zero-order valence-corrected chi connectivity index (χ0v) is 11.3. The standard InChI is InChI=1S/C15H19NO4/c17-14(12-4-2-1-3-5-12)15(18)20-11-10-19-13-6-8-16-9-7-13/h1-5,13,16H,6-11H2. The maximum absolute atomic E-state index is 11.7. The lowest BCUT2D eigenvalue weighted by Crippen LogP contribution is -2.33. The van der Waals surface area contributed by atoms with E-state index in [2.05, 4.69) is 5.32 Å². The van der Waals surface area contributed by atoms with Crippen LogP contribution in [0.2, 0.25) is 0 Å². The number of Topliss-reactive ketones (excluding diaryl/α,β-unsaturated/α-hetero) is 1. The first-order chi connectivity index (χ1) is 9.77. The molecule has 1 aliphatic heterocycles. The van der Waals surface area contributed by atoms with E-state index in [0.29, 0.717) is 12.2 Å². The number of piperidine rings is 1. The van der Waals surface area contributed by atoms with Gasteiger partial charge in [-0.25, -0.2) is 4.79 Å². The van der Waals surface area contributed by atoms with Crippen LogP contribution in [0.1, 0.15) is 23.2 Å². The van der Waals surface area contributed by atoms with Crippen molar-refractivity contribution >= 4 is 11.8 Å². The Balaban J connectivity index is 1.66. The van der Waals surface area contributed by atoms with Gasteiger partial charge in [-0.3, -0.25) is 4.79 Å². The lowest BCUT2D eigenvalue weighted by molar-refractivity contribution is -0.140. The fourth-order valence-corrected chi connectivity index (χ4v) is 2.08. The van der Waals surface area contributed by atoms with Crippen molar-refractivity contribution in [3.05, 3.63) is 35.9 Å². The van der Waals surface area contributed by atoms with Gasteiger partial charge in [-0.2, -0.15) is 0 Å². The highest BCUT2D eigenvalue weighted by Crippen LogP contribution is 2.07. The Kier molecular flexibility index (Phi) is 5.70. The summed E-state index contributed by atoms with van der Waals surface area (Å²) in [5.74, 6) is -1.45. The normalized spacial score (nSPS) is 15.8. The van der Waals surface area contributed by atoms with Crippen LogP contribution in [-0.2, 0) is 14.3 Å². The Bertz CT molecular complexity index is 440. The van der Waals surface area contributed by atoms with Crippen LogP contribution in [0, 0.1) is 0 Å². The largest absolute Gasteiger partial charge is 0.457 e. The highest BCUT2D eigenvalue weighted by molar-refractivity contribution is 6.40. The minimum atomic E-state index is -0.829. The summed E-state index contributed by atoms with van der Waals surface area (Å²) >= 11 is 0. The lowest BCUT2D eigenvalue weighted by atomic mass is 10.1. The van der Waals surface area contributed by atoms with Gasteiger partial charge in [0.1, 0.15) is 6.61 Å². The predicted molar refractivity (Wildman–Crippen MR) is 73.6 cm³/mol. The molecule has 0 bridgehead atoms. The summed E-state index contributed by atoms with van der Waals surface area (Å²) in [6.07, 6.45) is 2.16. The van der Waals surface area contributed by atoms with E-state index in [-0.39, 0.29) is 12.7 Å².